The number of fused-ring (bicyclic) bond motifs is 2. The summed E-state index contributed by atoms with van der Waals surface area (Å²) in [6.45, 7) is 0. The standard InChI is InChI=1S/C21H14N3O/c22-13-16(14-23)15-10-11-19-21(12-15)25-20-9-5-4-8-18(20)24(19)17-6-2-1-3-7-17/h1-12,19,21H. The van der Waals surface area contributed by atoms with E-state index in [9.17, 15) is 0 Å². The van der Waals surface area contributed by atoms with Crippen LogP contribution in [-0.2, 0) is 0 Å². The Kier molecular flexibility index (Phi) is 3.72. The van der Waals surface area contributed by atoms with E-state index in [0.29, 0.717) is 5.57 Å². The van der Waals surface area contributed by atoms with Gasteiger partial charge in [0, 0.05) is 5.69 Å². The zero-order chi connectivity index (χ0) is 17.2. The summed E-state index contributed by atoms with van der Waals surface area (Å²) in [5.41, 5.74) is 2.68. The van der Waals surface area contributed by atoms with Crippen molar-refractivity contribution in [1.29, 1.82) is 10.5 Å². The van der Waals surface area contributed by atoms with Crippen LogP contribution in [0.3, 0.4) is 0 Å². The van der Waals surface area contributed by atoms with Gasteiger partial charge in [-0.15, -0.1) is 0 Å². The van der Waals surface area contributed by atoms with Crippen molar-refractivity contribution in [3.63, 3.8) is 0 Å². The van der Waals surface area contributed by atoms with E-state index in [2.05, 4.69) is 17.0 Å². The first kappa shape index (κ1) is 15.1. The average Bonchev–Trinajstić information content (AvgIpc) is 2.67. The average molecular weight is 324 g/mol. The smallest absolute Gasteiger partial charge is 0.204 e. The Morgan fingerprint density at radius 3 is 2.44 bits per heavy atom. The van der Waals surface area contributed by atoms with Crippen LogP contribution in [0.2, 0.25) is 0 Å². The van der Waals surface area contributed by atoms with Crippen molar-refractivity contribution in [3.8, 4) is 17.9 Å². The summed E-state index contributed by atoms with van der Waals surface area (Å²) < 4.78 is 6.16. The highest BCUT2D eigenvalue weighted by molar-refractivity contribution is 5.73. The molecule has 0 saturated heterocycles. The number of rotatable bonds is 2. The number of ether oxygens (including phenoxy) is 1. The van der Waals surface area contributed by atoms with Crippen molar-refractivity contribution in [2.24, 2.45) is 0 Å². The molecule has 25 heavy (non-hydrogen) atoms. The summed E-state index contributed by atoms with van der Waals surface area (Å²) in [6.07, 6.45) is 5.42. The van der Waals surface area contributed by atoms with Gasteiger partial charge in [0.1, 0.15) is 11.9 Å². The molecule has 2 atom stereocenters. The van der Waals surface area contributed by atoms with Crippen molar-refractivity contribution >= 4 is 11.4 Å². The highest BCUT2D eigenvalue weighted by atomic mass is 16.5. The molecule has 4 nitrogen and oxygen atoms in total. The van der Waals surface area contributed by atoms with Gasteiger partial charge in [-0.25, -0.2) is 0 Å². The lowest BCUT2D eigenvalue weighted by atomic mass is 9.90. The summed E-state index contributed by atoms with van der Waals surface area (Å²) in [5.74, 6) is 0.886. The van der Waals surface area contributed by atoms with Crippen LogP contribution in [0.4, 0.5) is 11.4 Å². The highest BCUT2D eigenvalue weighted by Crippen LogP contribution is 2.43. The second-order valence-corrected chi connectivity index (χ2v) is 5.83. The van der Waals surface area contributed by atoms with Crippen molar-refractivity contribution in [1.82, 2.24) is 0 Å². The molecule has 0 aromatic heterocycles. The van der Waals surface area contributed by atoms with Crippen molar-refractivity contribution in [3.05, 3.63) is 84.3 Å². The minimum atomic E-state index is -0.271. The number of para-hydroxylation sites is 3. The van der Waals surface area contributed by atoms with Crippen LogP contribution in [0.25, 0.3) is 0 Å². The number of nitriles is 2. The molecule has 1 heterocycles. The fourth-order valence-corrected chi connectivity index (χ4v) is 3.26. The molecule has 2 unspecified atom stereocenters. The van der Waals surface area contributed by atoms with Gasteiger partial charge in [0.25, 0.3) is 0 Å². The quantitative estimate of drug-likeness (QED) is 0.835. The summed E-state index contributed by atoms with van der Waals surface area (Å²) >= 11 is 0. The predicted octanol–water partition coefficient (Wildman–Crippen LogP) is 4.07. The van der Waals surface area contributed by atoms with Gasteiger partial charge in [0.15, 0.2) is 0 Å². The van der Waals surface area contributed by atoms with Gasteiger partial charge >= 0.3 is 0 Å². The monoisotopic (exact) mass is 324 g/mol. The van der Waals surface area contributed by atoms with Gasteiger partial charge in [-0.3, -0.25) is 0 Å². The number of nitrogens with zero attached hydrogens (tertiary/aromatic N) is 3. The van der Waals surface area contributed by atoms with Gasteiger partial charge in [0.2, 0.25) is 5.92 Å². The molecule has 0 amide bonds. The van der Waals surface area contributed by atoms with Crippen LogP contribution in [0.15, 0.2) is 78.4 Å². The Labute approximate surface area is 146 Å². The Balaban J connectivity index is 1.80. The summed E-state index contributed by atoms with van der Waals surface area (Å²) in [5, 5.41) is 18.3. The van der Waals surface area contributed by atoms with E-state index >= 15 is 0 Å². The molecule has 1 aliphatic heterocycles. The molecule has 119 valence electrons. The van der Waals surface area contributed by atoms with Crippen LogP contribution in [0.5, 0.6) is 5.75 Å². The minimum absolute atomic E-state index is 0.0420. The molecular formula is C21H14N3O. The molecular weight excluding hydrogens is 310 g/mol. The van der Waals surface area contributed by atoms with Crippen molar-refractivity contribution < 1.29 is 4.74 Å². The van der Waals surface area contributed by atoms with Gasteiger partial charge in [0.05, 0.1) is 23.9 Å². The summed E-state index contributed by atoms with van der Waals surface area (Å²) in [6, 6.07) is 21.9. The van der Waals surface area contributed by atoms with Crippen LogP contribution in [0, 0.1) is 28.6 Å². The first-order chi connectivity index (χ1) is 12.3. The maximum absolute atomic E-state index is 9.13. The van der Waals surface area contributed by atoms with Gasteiger partial charge in [-0.1, -0.05) is 42.5 Å². The lowest BCUT2D eigenvalue weighted by Gasteiger charge is -2.42. The SMILES string of the molecule is N#C[C](C#N)C1=CC2Oc3ccccc3N(c3ccccc3)C2C=C1. The first-order valence-corrected chi connectivity index (χ1v) is 7.99. The molecule has 2 aromatic rings. The molecule has 0 bridgehead atoms. The molecule has 0 spiro atoms. The number of benzene rings is 2. The Bertz CT molecular complexity index is 920. The number of hydrogen-bond donors (Lipinski definition) is 0. The van der Waals surface area contributed by atoms with Crippen LogP contribution in [0.1, 0.15) is 0 Å². The van der Waals surface area contributed by atoms with Crippen molar-refractivity contribution in [2.45, 2.75) is 12.1 Å². The molecule has 0 saturated carbocycles. The molecule has 4 heteroatoms. The van der Waals surface area contributed by atoms with E-state index in [-0.39, 0.29) is 18.1 Å². The fourth-order valence-electron chi connectivity index (χ4n) is 3.26. The summed E-state index contributed by atoms with van der Waals surface area (Å²) in [7, 11) is 0. The maximum atomic E-state index is 9.13. The number of anilines is 2. The molecule has 1 radical (unpaired) electrons. The van der Waals surface area contributed by atoms with Gasteiger partial charge in [-0.2, -0.15) is 10.5 Å². The second-order valence-electron chi connectivity index (χ2n) is 5.83. The topological polar surface area (TPSA) is 60.1 Å². The maximum Gasteiger partial charge on any atom is 0.204 e. The predicted molar refractivity (Wildman–Crippen MR) is 94.9 cm³/mol. The molecule has 1 aliphatic carbocycles. The van der Waals surface area contributed by atoms with E-state index in [4.69, 9.17) is 15.3 Å². The first-order valence-electron chi connectivity index (χ1n) is 7.99. The number of allylic oxidation sites excluding steroid dienone is 2. The zero-order valence-corrected chi connectivity index (χ0v) is 13.3. The van der Waals surface area contributed by atoms with Crippen LogP contribution >= 0.6 is 0 Å². The molecule has 0 fully saturated rings. The highest BCUT2D eigenvalue weighted by Gasteiger charge is 2.36. The Morgan fingerprint density at radius 1 is 0.960 bits per heavy atom. The Hall–Kier alpha value is -3.50. The second kappa shape index (κ2) is 6.19. The Morgan fingerprint density at radius 2 is 1.68 bits per heavy atom. The fraction of sp³-hybridized carbons (Fsp3) is 0.0952. The normalized spacial score (nSPS) is 20.6. The largest absolute Gasteiger partial charge is 0.482 e. The molecule has 2 aromatic carbocycles. The van der Waals surface area contributed by atoms with E-state index in [0.717, 1.165) is 17.1 Å². The van der Waals surface area contributed by atoms with E-state index in [1.165, 1.54) is 0 Å². The van der Waals surface area contributed by atoms with Gasteiger partial charge < -0.3 is 9.64 Å². The third-order valence-electron chi connectivity index (χ3n) is 4.39. The molecule has 4 rings (SSSR count). The molecule has 2 aliphatic rings. The lowest BCUT2D eigenvalue weighted by Crippen LogP contribution is -2.46. The summed E-state index contributed by atoms with van der Waals surface area (Å²) in [4.78, 5) is 2.23. The van der Waals surface area contributed by atoms with Crippen molar-refractivity contribution in [2.75, 3.05) is 4.90 Å². The minimum Gasteiger partial charge on any atom is -0.482 e. The third kappa shape index (κ3) is 2.55. The van der Waals surface area contributed by atoms with Gasteiger partial charge in [-0.05, 0) is 35.9 Å². The zero-order valence-electron chi connectivity index (χ0n) is 13.3. The van der Waals surface area contributed by atoms with E-state index < -0.39 is 0 Å². The molecule has 0 N–H and O–H groups in total. The van der Waals surface area contributed by atoms with E-state index in [1.54, 1.807) is 0 Å². The lowest BCUT2D eigenvalue weighted by molar-refractivity contribution is 0.217. The number of hydrogen-bond acceptors (Lipinski definition) is 4. The third-order valence-corrected chi connectivity index (χ3v) is 4.39. The van der Waals surface area contributed by atoms with E-state index in [1.807, 2.05) is 72.8 Å². The van der Waals surface area contributed by atoms with Crippen LogP contribution in [-0.4, -0.2) is 12.1 Å². The van der Waals surface area contributed by atoms with Crippen LogP contribution < -0.4 is 9.64 Å².